The minimum atomic E-state index is 0.0780. The molecule has 0 radical (unpaired) electrons. The summed E-state index contributed by atoms with van der Waals surface area (Å²) in [5.41, 5.74) is 7.64. The van der Waals surface area contributed by atoms with Crippen molar-refractivity contribution >= 4 is 15.9 Å². The van der Waals surface area contributed by atoms with E-state index in [0.717, 1.165) is 16.6 Å². The number of aromatic nitrogens is 1. The minimum Gasteiger partial charge on any atom is -0.271 e. The molecular weight excluding hydrogens is 302 g/mol. The van der Waals surface area contributed by atoms with E-state index >= 15 is 0 Å². The molecule has 0 amide bonds. The van der Waals surface area contributed by atoms with Gasteiger partial charge >= 0.3 is 0 Å². The van der Waals surface area contributed by atoms with E-state index in [-0.39, 0.29) is 6.04 Å². The normalized spacial score (nSPS) is 12.4. The maximum atomic E-state index is 5.70. The third-order valence-electron chi connectivity index (χ3n) is 3.20. The Hall–Kier alpha value is -1.23. The molecule has 1 heterocycles. The Labute approximate surface area is 122 Å². The number of hydrogen-bond donors (Lipinski definition) is 2. The molecule has 1 unspecified atom stereocenters. The average molecular weight is 320 g/mol. The monoisotopic (exact) mass is 319 g/mol. The van der Waals surface area contributed by atoms with Crippen molar-refractivity contribution in [3.63, 3.8) is 0 Å². The van der Waals surface area contributed by atoms with E-state index in [1.54, 1.807) is 0 Å². The van der Waals surface area contributed by atoms with Gasteiger partial charge in [0, 0.05) is 22.8 Å². The topological polar surface area (TPSA) is 50.9 Å². The number of aryl methyl sites for hydroxylation is 2. The third kappa shape index (κ3) is 3.62. The second-order valence-corrected chi connectivity index (χ2v) is 5.67. The molecule has 0 saturated heterocycles. The molecule has 0 fully saturated rings. The maximum Gasteiger partial charge on any atom is 0.0517 e. The molecule has 3 nitrogen and oxygen atoms in total. The Bertz CT molecular complexity index is 552. The van der Waals surface area contributed by atoms with Crippen LogP contribution in [0.5, 0.6) is 0 Å². The molecule has 0 aliphatic heterocycles. The second-order valence-electron chi connectivity index (χ2n) is 4.75. The molecule has 1 aromatic heterocycles. The van der Waals surface area contributed by atoms with Crippen molar-refractivity contribution in [2.24, 2.45) is 5.84 Å². The summed E-state index contributed by atoms with van der Waals surface area (Å²) in [6, 6.07) is 10.5. The Morgan fingerprint density at radius 1 is 1.26 bits per heavy atom. The van der Waals surface area contributed by atoms with Crippen molar-refractivity contribution in [1.29, 1.82) is 0 Å². The molecule has 0 spiro atoms. The highest BCUT2D eigenvalue weighted by Gasteiger charge is 2.13. The summed E-state index contributed by atoms with van der Waals surface area (Å²) in [6.45, 7) is 4.21. The van der Waals surface area contributed by atoms with E-state index in [2.05, 4.69) is 58.4 Å². The molecular formula is C15H18BrN3. The van der Waals surface area contributed by atoms with E-state index in [9.17, 15) is 0 Å². The first-order chi connectivity index (χ1) is 9.10. The molecule has 0 bridgehead atoms. The maximum absolute atomic E-state index is 5.70. The van der Waals surface area contributed by atoms with Gasteiger partial charge in [0.05, 0.1) is 6.04 Å². The lowest BCUT2D eigenvalue weighted by Crippen LogP contribution is -2.30. The van der Waals surface area contributed by atoms with Gasteiger partial charge in [0.25, 0.3) is 0 Å². The summed E-state index contributed by atoms with van der Waals surface area (Å²) in [5, 5.41) is 0. The van der Waals surface area contributed by atoms with Crippen molar-refractivity contribution in [2.45, 2.75) is 26.3 Å². The number of nitrogens with two attached hydrogens (primary N) is 1. The van der Waals surface area contributed by atoms with Gasteiger partial charge < -0.3 is 0 Å². The highest BCUT2D eigenvalue weighted by molar-refractivity contribution is 9.10. The summed E-state index contributed by atoms with van der Waals surface area (Å²) in [6.07, 6.45) is 2.58. The van der Waals surface area contributed by atoms with Crippen molar-refractivity contribution < 1.29 is 0 Å². The number of nitrogens with one attached hydrogen (secondary N) is 1. The minimum absolute atomic E-state index is 0.0780. The van der Waals surface area contributed by atoms with Gasteiger partial charge in [-0.1, -0.05) is 23.8 Å². The molecule has 0 aliphatic rings. The van der Waals surface area contributed by atoms with E-state index in [0.29, 0.717) is 0 Å². The molecule has 2 aromatic rings. The highest BCUT2D eigenvalue weighted by Crippen LogP contribution is 2.22. The van der Waals surface area contributed by atoms with Gasteiger partial charge in [-0.2, -0.15) is 0 Å². The lowest BCUT2D eigenvalue weighted by atomic mass is 9.96. The van der Waals surface area contributed by atoms with Gasteiger partial charge in [-0.05, 0) is 53.0 Å². The smallest absolute Gasteiger partial charge is 0.0517 e. The number of nitrogens with zero attached hydrogens (tertiary/aromatic N) is 1. The van der Waals surface area contributed by atoms with Gasteiger partial charge in [-0.15, -0.1) is 0 Å². The van der Waals surface area contributed by atoms with Gasteiger partial charge in [0.1, 0.15) is 0 Å². The van der Waals surface area contributed by atoms with Crippen molar-refractivity contribution in [1.82, 2.24) is 10.4 Å². The second kappa shape index (κ2) is 6.28. The first kappa shape index (κ1) is 14.2. The molecule has 1 atom stereocenters. The van der Waals surface area contributed by atoms with E-state index in [1.807, 2.05) is 18.3 Å². The van der Waals surface area contributed by atoms with Crippen molar-refractivity contribution in [3.05, 3.63) is 63.4 Å². The quantitative estimate of drug-likeness (QED) is 0.672. The van der Waals surface area contributed by atoms with Crippen LogP contribution in [0.1, 0.15) is 28.4 Å². The number of rotatable bonds is 4. The highest BCUT2D eigenvalue weighted by atomic mass is 79.9. The molecule has 4 heteroatoms. The van der Waals surface area contributed by atoms with Crippen LogP contribution < -0.4 is 11.3 Å². The zero-order valence-electron chi connectivity index (χ0n) is 11.2. The Morgan fingerprint density at radius 3 is 2.63 bits per heavy atom. The zero-order valence-corrected chi connectivity index (χ0v) is 12.7. The fourth-order valence-corrected chi connectivity index (χ4v) is 2.45. The van der Waals surface area contributed by atoms with Crippen LogP contribution in [0.3, 0.4) is 0 Å². The molecule has 19 heavy (non-hydrogen) atoms. The van der Waals surface area contributed by atoms with Crippen molar-refractivity contribution in [2.75, 3.05) is 0 Å². The van der Waals surface area contributed by atoms with E-state index < -0.39 is 0 Å². The first-order valence-corrected chi connectivity index (χ1v) is 7.03. The first-order valence-electron chi connectivity index (χ1n) is 6.24. The molecule has 2 rings (SSSR count). The zero-order chi connectivity index (χ0) is 13.8. The summed E-state index contributed by atoms with van der Waals surface area (Å²) in [5.74, 6) is 5.70. The summed E-state index contributed by atoms with van der Waals surface area (Å²) >= 11 is 3.39. The number of benzene rings is 1. The Balaban J connectivity index is 2.22. The lowest BCUT2D eigenvalue weighted by molar-refractivity contribution is 0.543. The Morgan fingerprint density at radius 2 is 2.05 bits per heavy atom. The van der Waals surface area contributed by atoms with Crippen LogP contribution >= 0.6 is 15.9 Å². The van der Waals surface area contributed by atoms with Crippen LogP contribution in [-0.2, 0) is 6.42 Å². The number of hydrazine groups is 1. The number of pyridine rings is 1. The standard InChI is InChI=1S/C15H18BrN3/c1-10-3-6-14(11(2)7-10)15(19-17)8-13-5-4-12(16)9-18-13/h3-7,9,15,19H,8,17H2,1-2H3. The number of halogens is 1. The molecule has 3 N–H and O–H groups in total. The Kier molecular flexibility index (Phi) is 4.69. The van der Waals surface area contributed by atoms with Gasteiger partial charge in [0.15, 0.2) is 0 Å². The molecule has 1 aromatic carbocycles. The fraction of sp³-hybridized carbons (Fsp3) is 0.267. The van der Waals surface area contributed by atoms with Gasteiger partial charge in [-0.3, -0.25) is 16.3 Å². The largest absolute Gasteiger partial charge is 0.271 e. The van der Waals surface area contributed by atoms with Crippen LogP contribution in [0.2, 0.25) is 0 Å². The molecule has 0 saturated carbocycles. The fourth-order valence-electron chi connectivity index (χ4n) is 2.21. The summed E-state index contributed by atoms with van der Waals surface area (Å²) in [4.78, 5) is 4.40. The van der Waals surface area contributed by atoms with Crippen LogP contribution in [0.4, 0.5) is 0 Å². The average Bonchev–Trinajstić information content (AvgIpc) is 2.39. The van der Waals surface area contributed by atoms with Crippen molar-refractivity contribution in [3.8, 4) is 0 Å². The molecule has 100 valence electrons. The van der Waals surface area contributed by atoms with Gasteiger partial charge in [-0.25, -0.2) is 0 Å². The van der Waals surface area contributed by atoms with E-state index in [1.165, 1.54) is 16.7 Å². The molecule has 0 aliphatic carbocycles. The predicted molar refractivity (Wildman–Crippen MR) is 81.6 cm³/mol. The summed E-state index contributed by atoms with van der Waals surface area (Å²) < 4.78 is 0.986. The van der Waals surface area contributed by atoms with Crippen LogP contribution in [0, 0.1) is 13.8 Å². The predicted octanol–water partition coefficient (Wildman–Crippen LogP) is 3.21. The SMILES string of the molecule is Cc1ccc(C(Cc2ccc(Br)cn2)NN)c(C)c1. The van der Waals surface area contributed by atoms with Crippen LogP contribution in [0.25, 0.3) is 0 Å². The van der Waals surface area contributed by atoms with E-state index in [4.69, 9.17) is 5.84 Å². The van der Waals surface area contributed by atoms with Gasteiger partial charge in [0.2, 0.25) is 0 Å². The van der Waals surface area contributed by atoms with Crippen LogP contribution in [0.15, 0.2) is 41.0 Å². The number of hydrogen-bond acceptors (Lipinski definition) is 3. The summed E-state index contributed by atoms with van der Waals surface area (Å²) in [7, 11) is 0. The third-order valence-corrected chi connectivity index (χ3v) is 3.67. The lowest BCUT2D eigenvalue weighted by Gasteiger charge is -2.18. The van der Waals surface area contributed by atoms with Crippen LogP contribution in [-0.4, -0.2) is 4.98 Å².